The van der Waals surface area contributed by atoms with Gasteiger partial charge in [0.15, 0.2) is 13.1 Å². The Morgan fingerprint density at radius 1 is 0.556 bits per heavy atom. The Balaban J connectivity index is 3.50. The molecule has 0 heterocycles. The number of aliphatic hydroxyl groups excluding tert-OH is 4. The highest BCUT2D eigenvalue weighted by atomic mass is 16.3. The summed E-state index contributed by atoms with van der Waals surface area (Å²) >= 11 is 0. The smallest absolute Gasteiger partial charge is 0.151 e. The summed E-state index contributed by atoms with van der Waals surface area (Å²) in [6.07, 6.45) is 16.9. The molecule has 0 aromatic heterocycles. The van der Waals surface area contributed by atoms with Crippen LogP contribution in [0, 0.1) is 0 Å². The van der Waals surface area contributed by atoms with Crippen molar-refractivity contribution < 1.29 is 20.4 Å². The van der Waals surface area contributed by atoms with Crippen LogP contribution in [0.15, 0.2) is 0 Å². The summed E-state index contributed by atoms with van der Waals surface area (Å²) < 4.78 is 0. The predicted octanol–water partition coefficient (Wildman–Crippen LogP) is 3.31. The Kier molecular flexibility index (Phi) is 20.4. The minimum atomic E-state index is -0.789. The number of aliphatic hydroxyl groups is 4. The Labute approximate surface area is 167 Å². The fourth-order valence-corrected chi connectivity index (χ4v) is 3.50. The summed E-state index contributed by atoms with van der Waals surface area (Å²) in [5.41, 5.74) is 0. The van der Waals surface area contributed by atoms with Crippen molar-refractivity contribution in [2.24, 2.45) is 0 Å². The Hall–Kier alpha value is -0.200. The van der Waals surface area contributed by atoms with Gasteiger partial charge in [0.2, 0.25) is 0 Å². The molecule has 0 saturated carbocycles. The third-order valence-electron chi connectivity index (χ3n) is 5.19. The highest BCUT2D eigenvalue weighted by Gasteiger charge is 2.22. The lowest BCUT2D eigenvalue weighted by Crippen LogP contribution is -2.45. The molecule has 4 N–H and O–H groups in total. The first-order valence-electron chi connectivity index (χ1n) is 11.4. The van der Waals surface area contributed by atoms with Crippen molar-refractivity contribution in [3.05, 3.63) is 0 Å². The minimum Gasteiger partial charge on any atom is -0.393 e. The fraction of sp³-hybridized carbons (Fsp3) is 1.00. The van der Waals surface area contributed by atoms with E-state index in [-0.39, 0.29) is 13.2 Å². The summed E-state index contributed by atoms with van der Waals surface area (Å²) in [5, 5.41) is 37.1. The summed E-state index contributed by atoms with van der Waals surface area (Å²) in [6, 6.07) is 0. The monoisotopic (exact) mass is 389 g/mol. The molecule has 0 aliphatic carbocycles. The molecule has 0 amide bonds. The third kappa shape index (κ3) is 18.9. The average molecular weight is 390 g/mol. The van der Waals surface area contributed by atoms with E-state index in [2.05, 4.69) is 6.92 Å². The van der Waals surface area contributed by atoms with Crippen LogP contribution in [0.3, 0.4) is 0 Å². The molecule has 0 aromatic rings. The van der Waals surface area contributed by atoms with Gasteiger partial charge in [-0.15, -0.1) is 0 Å². The summed E-state index contributed by atoms with van der Waals surface area (Å²) in [6.45, 7) is 3.18. The largest absolute Gasteiger partial charge is 0.393 e. The second kappa shape index (κ2) is 20.5. The molecule has 2 unspecified atom stereocenters. The van der Waals surface area contributed by atoms with Crippen molar-refractivity contribution >= 4 is 0 Å². The van der Waals surface area contributed by atoms with Crippen LogP contribution >= 0.6 is 0 Å². The Bertz CT molecular complexity index is 279. The molecule has 1 radical (unpaired) electrons. The van der Waals surface area contributed by atoms with E-state index >= 15 is 0 Å². The molecular weight excluding hydrogens is 342 g/mol. The van der Waals surface area contributed by atoms with E-state index < -0.39 is 12.2 Å². The van der Waals surface area contributed by atoms with Gasteiger partial charge < -0.3 is 20.4 Å². The van der Waals surface area contributed by atoms with Gasteiger partial charge in [-0.05, 0) is 6.42 Å². The molecule has 27 heavy (non-hydrogen) atoms. The number of hydrogen-bond acceptors (Lipinski definition) is 5. The van der Waals surface area contributed by atoms with Gasteiger partial charge in [-0.25, -0.2) is 0 Å². The first-order valence-corrected chi connectivity index (χ1v) is 11.4. The van der Waals surface area contributed by atoms with Crippen LogP contribution in [0.2, 0.25) is 0 Å². The molecule has 0 rings (SSSR count). The molecule has 163 valence electrons. The van der Waals surface area contributed by atoms with E-state index in [1.54, 1.807) is 0 Å². The zero-order valence-electron chi connectivity index (χ0n) is 17.8. The van der Waals surface area contributed by atoms with E-state index in [0.29, 0.717) is 13.1 Å². The van der Waals surface area contributed by atoms with Crippen LogP contribution in [-0.2, 0) is 0 Å². The normalized spacial score (nSPS) is 14.0. The lowest BCUT2D eigenvalue weighted by atomic mass is 10.0. The van der Waals surface area contributed by atoms with Crippen LogP contribution < -0.4 is 4.90 Å². The van der Waals surface area contributed by atoms with Crippen molar-refractivity contribution in [2.45, 2.75) is 109 Å². The number of unbranched alkanes of at least 4 members (excludes halogenated alkanes) is 13. The van der Waals surface area contributed by atoms with Crippen molar-refractivity contribution in [3.63, 3.8) is 0 Å². The van der Waals surface area contributed by atoms with Gasteiger partial charge in [-0.2, -0.15) is 4.90 Å². The van der Waals surface area contributed by atoms with Gasteiger partial charge in [0, 0.05) is 6.42 Å². The Morgan fingerprint density at radius 3 is 1.22 bits per heavy atom. The zero-order chi connectivity index (χ0) is 20.2. The van der Waals surface area contributed by atoms with Crippen LogP contribution in [0.25, 0.3) is 0 Å². The Morgan fingerprint density at radius 2 is 0.889 bits per heavy atom. The van der Waals surface area contributed by atoms with Crippen molar-refractivity contribution in [1.82, 2.24) is 4.90 Å². The maximum Gasteiger partial charge on any atom is 0.151 e. The van der Waals surface area contributed by atoms with Gasteiger partial charge in [0.25, 0.3) is 0 Å². The first-order chi connectivity index (χ1) is 13.1. The molecule has 0 aliphatic heterocycles. The summed E-state index contributed by atoms with van der Waals surface area (Å²) in [4.78, 5) is 1.93. The zero-order valence-corrected chi connectivity index (χ0v) is 17.8. The molecule has 0 aliphatic rings. The quantitative estimate of drug-likeness (QED) is 0.179. The van der Waals surface area contributed by atoms with Crippen LogP contribution in [0.4, 0.5) is 0 Å². The van der Waals surface area contributed by atoms with E-state index in [1.807, 2.05) is 4.90 Å². The van der Waals surface area contributed by atoms with Crippen LogP contribution in [0.1, 0.15) is 96.8 Å². The lowest BCUT2D eigenvalue weighted by Gasteiger charge is -2.17. The van der Waals surface area contributed by atoms with E-state index in [9.17, 15) is 10.2 Å². The fourth-order valence-electron chi connectivity index (χ4n) is 3.50. The molecule has 0 fully saturated rings. The summed E-state index contributed by atoms with van der Waals surface area (Å²) in [7, 11) is 0. The average Bonchev–Trinajstić information content (AvgIpc) is 2.67. The standard InChI is InChI=1S/C22H47NO4/c1-2-3-4-5-6-7-8-9-10-11-12-13-14-15-16-23(17-21(26)19-24)18-22(27)20-25/h21-22,24-27H,2-20H2,1H3/q+1. The molecule has 5 nitrogen and oxygen atoms in total. The van der Waals surface area contributed by atoms with E-state index in [4.69, 9.17) is 10.2 Å². The van der Waals surface area contributed by atoms with Crippen molar-refractivity contribution in [3.8, 4) is 0 Å². The van der Waals surface area contributed by atoms with Gasteiger partial charge in [-0.3, -0.25) is 0 Å². The SMILES string of the molecule is CCCCCCCCCCCCCCCC[N+](CC(O)CO)CC(O)CO. The maximum absolute atomic E-state index is 9.59. The van der Waals surface area contributed by atoms with Crippen LogP contribution in [0.5, 0.6) is 0 Å². The second-order valence-corrected chi connectivity index (χ2v) is 8.03. The van der Waals surface area contributed by atoms with Gasteiger partial charge >= 0.3 is 0 Å². The van der Waals surface area contributed by atoms with Gasteiger partial charge in [-0.1, -0.05) is 84.0 Å². The molecule has 0 bridgehead atoms. The second-order valence-electron chi connectivity index (χ2n) is 8.03. The minimum absolute atomic E-state index is 0.273. The molecule has 0 saturated heterocycles. The lowest BCUT2D eigenvalue weighted by molar-refractivity contribution is 0.0510. The molecular formula is C22H47NO4+. The summed E-state index contributed by atoms with van der Waals surface area (Å²) in [5.74, 6) is 0. The first kappa shape index (κ1) is 26.8. The molecule has 2 atom stereocenters. The maximum atomic E-state index is 9.59. The van der Waals surface area contributed by atoms with Crippen molar-refractivity contribution in [2.75, 3.05) is 32.8 Å². The third-order valence-corrected chi connectivity index (χ3v) is 5.19. The van der Waals surface area contributed by atoms with Crippen molar-refractivity contribution in [1.29, 1.82) is 0 Å². The number of nitrogens with zero attached hydrogens (tertiary/aromatic N) is 1. The highest BCUT2D eigenvalue weighted by Crippen LogP contribution is 2.13. The van der Waals surface area contributed by atoms with Gasteiger partial charge in [0.1, 0.15) is 18.8 Å². The van der Waals surface area contributed by atoms with Crippen LogP contribution in [-0.4, -0.2) is 65.5 Å². The van der Waals surface area contributed by atoms with Gasteiger partial charge in [0.05, 0.1) is 13.2 Å². The molecule has 0 spiro atoms. The molecule has 5 heteroatoms. The van der Waals surface area contributed by atoms with E-state index in [1.165, 1.54) is 77.0 Å². The number of rotatable bonds is 21. The van der Waals surface area contributed by atoms with E-state index in [0.717, 1.165) is 19.4 Å². The topological polar surface area (TPSA) is 86.8 Å². The highest BCUT2D eigenvalue weighted by molar-refractivity contribution is 4.73. The molecule has 0 aromatic carbocycles. The predicted molar refractivity (Wildman–Crippen MR) is 113 cm³/mol. The number of hydrogen-bond donors (Lipinski definition) is 4.